The summed E-state index contributed by atoms with van der Waals surface area (Å²) < 4.78 is 12.2. The lowest BCUT2D eigenvalue weighted by Crippen LogP contribution is -2.36. The molecule has 3 heterocycles. The van der Waals surface area contributed by atoms with E-state index in [1.807, 2.05) is 0 Å². The number of benzene rings is 1. The predicted octanol–water partition coefficient (Wildman–Crippen LogP) is 2.40. The van der Waals surface area contributed by atoms with Crippen molar-refractivity contribution in [3.63, 3.8) is 0 Å². The Morgan fingerprint density at radius 3 is 2.59 bits per heavy atom. The standard InChI is InChI=1S/C19H19N3O5/c1-2-26-19(25)21-10-15(20-11-21)16-8-7-12(27-16)9-22-17(23)13-5-3-4-6-14(13)18(22)24/h3-6,10-12,16H,2,7-9H2,1H3/t12-,16-/m1/s1. The minimum Gasteiger partial charge on any atom is -0.449 e. The van der Waals surface area contributed by atoms with Crippen LogP contribution >= 0.6 is 0 Å². The van der Waals surface area contributed by atoms with Crippen LogP contribution in [0.1, 0.15) is 52.3 Å². The molecule has 8 nitrogen and oxygen atoms in total. The SMILES string of the molecule is CCOC(=O)n1cnc([C@H]2CC[C@H](CN3C(=O)c4ccccc4C3=O)O2)c1. The number of hydrogen-bond donors (Lipinski definition) is 0. The van der Waals surface area contributed by atoms with Crippen molar-refractivity contribution >= 4 is 17.9 Å². The largest absolute Gasteiger partial charge is 0.449 e. The normalized spacial score (nSPS) is 21.6. The van der Waals surface area contributed by atoms with Crippen molar-refractivity contribution in [1.29, 1.82) is 0 Å². The van der Waals surface area contributed by atoms with Gasteiger partial charge in [0.05, 0.1) is 36.1 Å². The third-order valence-electron chi connectivity index (χ3n) is 4.78. The summed E-state index contributed by atoms with van der Waals surface area (Å²) in [5.41, 5.74) is 1.50. The maximum Gasteiger partial charge on any atom is 0.419 e. The van der Waals surface area contributed by atoms with Crippen molar-refractivity contribution < 1.29 is 23.9 Å². The van der Waals surface area contributed by atoms with Gasteiger partial charge in [-0.15, -0.1) is 0 Å². The monoisotopic (exact) mass is 369 g/mol. The summed E-state index contributed by atoms with van der Waals surface area (Å²) in [5, 5.41) is 0. The Bertz CT molecular complexity index is 871. The molecule has 4 rings (SSSR count). The first-order chi connectivity index (χ1) is 13.1. The summed E-state index contributed by atoms with van der Waals surface area (Å²) in [6.07, 6.45) is 3.36. The number of rotatable bonds is 4. The zero-order chi connectivity index (χ0) is 19.0. The molecular weight excluding hydrogens is 350 g/mol. The highest BCUT2D eigenvalue weighted by Crippen LogP contribution is 2.33. The van der Waals surface area contributed by atoms with Crippen molar-refractivity contribution in [2.24, 2.45) is 0 Å². The summed E-state index contributed by atoms with van der Waals surface area (Å²) in [4.78, 5) is 42.1. The van der Waals surface area contributed by atoms with E-state index in [1.54, 1.807) is 37.4 Å². The van der Waals surface area contributed by atoms with E-state index < -0.39 is 6.09 Å². The van der Waals surface area contributed by atoms with Gasteiger partial charge in [-0.25, -0.2) is 14.3 Å². The van der Waals surface area contributed by atoms with Crippen molar-refractivity contribution in [3.05, 3.63) is 53.6 Å². The van der Waals surface area contributed by atoms with Crippen LogP contribution < -0.4 is 0 Å². The van der Waals surface area contributed by atoms with Gasteiger partial charge in [0.15, 0.2) is 0 Å². The average Bonchev–Trinajstić information content (AvgIpc) is 3.38. The third kappa shape index (κ3) is 3.12. The first kappa shape index (κ1) is 17.4. The maximum atomic E-state index is 12.5. The van der Waals surface area contributed by atoms with Crippen molar-refractivity contribution in [3.8, 4) is 0 Å². The Labute approximate surface area is 155 Å². The summed E-state index contributed by atoms with van der Waals surface area (Å²) >= 11 is 0. The second-order valence-corrected chi connectivity index (χ2v) is 6.50. The number of carbonyl (C=O) groups excluding carboxylic acids is 3. The number of fused-ring (bicyclic) bond motifs is 1. The van der Waals surface area contributed by atoms with Crippen LogP contribution in [0.25, 0.3) is 0 Å². The fourth-order valence-corrected chi connectivity index (χ4v) is 3.47. The molecule has 2 amide bonds. The van der Waals surface area contributed by atoms with E-state index in [0.717, 1.165) is 0 Å². The number of nitrogens with zero attached hydrogens (tertiary/aromatic N) is 3. The van der Waals surface area contributed by atoms with Crippen LogP contribution in [0.5, 0.6) is 0 Å². The minimum atomic E-state index is -0.489. The summed E-state index contributed by atoms with van der Waals surface area (Å²) in [7, 11) is 0. The fourth-order valence-electron chi connectivity index (χ4n) is 3.47. The fraction of sp³-hybridized carbons (Fsp3) is 0.368. The molecule has 0 N–H and O–H groups in total. The van der Waals surface area contributed by atoms with E-state index in [2.05, 4.69) is 4.98 Å². The second-order valence-electron chi connectivity index (χ2n) is 6.50. The molecule has 2 aliphatic heterocycles. The number of hydrogen-bond acceptors (Lipinski definition) is 6. The van der Waals surface area contributed by atoms with Crippen molar-refractivity contribution in [2.75, 3.05) is 13.2 Å². The molecular formula is C19H19N3O5. The van der Waals surface area contributed by atoms with Gasteiger partial charge in [-0.05, 0) is 31.9 Å². The van der Waals surface area contributed by atoms with Crippen LogP contribution in [0.15, 0.2) is 36.8 Å². The highest BCUT2D eigenvalue weighted by molar-refractivity contribution is 6.21. The van der Waals surface area contributed by atoms with Gasteiger partial charge in [-0.3, -0.25) is 14.5 Å². The predicted molar refractivity (Wildman–Crippen MR) is 93.3 cm³/mol. The lowest BCUT2D eigenvalue weighted by Gasteiger charge is -2.19. The molecule has 1 fully saturated rings. The van der Waals surface area contributed by atoms with Gasteiger partial charge in [-0.1, -0.05) is 12.1 Å². The number of ether oxygens (including phenoxy) is 2. The van der Waals surface area contributed by atoms with Gasteiger partial charge in [0.1, 0.15) is 12.4 Å². The smallest absolute Gasteiger partial charge is 0.419 e. The molecule has 2 aliphatic rings. The molecule has 2 aromatic rings. The molecule has 2 atom stereocenters. The number of amides is 2. The summed E-state index contributed by atoms with van der Waals surface area (Å²) in [6.45, 7) is 2.23. The lowest BCUT2D eigenvalue weighted by molar-refractivity contribution is 0.0203. The van der Waals surface area contributed by atoms with Crippen LogP contribution in [0.4, 0.5) is 4.79 Å². The molecule has 0 bridgehead atoms. The highest BCUT2D eigenvalue weighted by Gasteiger charge is 2.38. The van der Waals surface area contributed by atoms with Gasteiger partial charge >= 0.3 is 6.09 Å². The van der Waals surface area contributed by atoms with Gasteiger partial charge < -0.3 is 9.47 Å². The topological polar surface area (TPSA) is 90.7 Å². The lowest BCUT2D eigenvalue weighted by atomic mass is 10.1. The van der Waals surface area contributed by atoms with Gasteiger partial charge in [0, 0.05) is 6.20 Å². The van der Waals surface area contributed by atoms with Crippen molar-refractivity contribution in [1.82, 2.24) is 14.5 Å². The highest BCUT2D eigenvalue weighted by atomic mass is 16.5. The van der Waals surface area contributed by atoms with Crippen LogP contribution in [-0.4, -0.2) is 51.6 Å². The molecule has 1 aromatic heterocycles. The molecule has 1 aromatic carbocycles. The van der Waals surface area contributed by atoms with E-state index in [-0.39, 0.29) is 37.2 Å². The Hall–Kier alpha value is -3.00. The minimum absolute atomic E-state index is 0.210. The van der Waals surface area contributed by atoms with Crippen molar-refractivity contribution in [2.45, 2.75) is 32.0 Å². The molecule has 0 unspecified atom stereocenters. The quantitative estimate of drug-likeness (QED) is 0.769. The molecule has 0 radical (unpaired) electrons. The van der Waals surface area contributed by atoms with Gasteiger partial charge in [0.2, 0.25) is 0 Å². The second kappa shape index (κ2) is 6.96. The van der Waals surface area contributed by atoms with Crippen LogP contribution in [0, 0.1) is 0 Å². The molecule has 140 valence electrons. The first-order valence-corrected chi connectivity index (χ1v) is 8.90. The van der Waals surface area contributed by atoms with Crippen LogP contribution in [0.2, 0.25) is 0 Å². The maximum absolute atomic E-state index is 12.5. The Morgan fingerprint density at radius 1 is 1.22 bits per heavy atom. The summed E-state index contributed by atoms with van der Waals surface area (Å²) in [6, 6.07) is 6.82. The first-order valence-electron chi connectivity index (χ1n) is 8.90. The molecule has 27 heavy (non-hydrogen) atoms. The number of imide groups is 1. The Balaban J connectivity index is 1.40. The molecule has 0 aliphatic carbocycles. The van der Waals surface area contributed by atoms with E-state index in [1.165, 1.54) is 15.8 Å². The molecule has 8 heteroatoms. The number of carbonyl (C=O) groups is 3. The van der Waals surface area contributed by atoms with Crippen LogP contribution in [-0.2, 0) is 9.47 Å². The zero-order valence-corrected chi connectivity index (χ0v) is 14.8. The van der Waals surface area contributed by atoms with Gasteiger partial charge in [0.25, 0.3) is 11.8 Å². The number of imidazole rings is 1. The van der Waals surface area contributed by atoms with E-state index in [4.69, 9.17) is 9.47 Å². The van der Waals surface area contributed by atoms with E-state index in [0.29, 0.717) is 29.7 Å². The average molecular weight is 369 g/mol. The van der Waals surface area contributed by atoms with E-state index >= 15 is 0 Å². The third-order valence-corrected chi connectivity index (χ3v) is 4.78. The van der Waals surface area contributed by atoms with Gasteiger partial charge in [-0.2, -0.15) is 0 Å². The molecule has 0 saturated carbocycles. The zero-order valence-electron chi connectivity index (χ0n) is 14.8. The summed E-state index contributed by atoms with van der Waals surface area (Å²) in [5.74, 6) is -0.566. The Morgan fingerprint density at radius 2 is 1.93 bits per heavy atom. The van der Waals surface area contributed by atoms with E-state index in [9.17, 15) is 14.4 Å². The van der Waals surface area contributed by atoms with Crippen LogP contribution in [0.3, 0.4) is 0 Å². The molecule has 1 saturated heterocycles. The number of aromatic nitrogens is 2. The molecule has 0 spiro atoms. The Kier molecular flexibility index (Phi) is 4.49.